The van der Waals surface area contributed by atoms with E-state index in [1.165, 1.54) is 26.7 Å². The molecule has 0 saturated heterocycles. The van der Waals surface area contributed by atoms with Gasteiger partial charge in [0.15, 0.2) is 0 Å². The van der Waals surface area contributed by atoms with Crippen LogP contribution < -0.4 is 10.1 Å². The molecule has 1 N–H and O–H groups in total. The highest BCUT2D eigenvalue weighted by Gasteiger charge is 2.16. The second kappa shape index (κ2) is 5.87. The molecule has 1 aromatic carbocycles. The number of halogens is 1. The lowest BCUT2D eigenvalue weighted by atomic mass is 9.98. The molecule has 0 amide bonds. The minimum atomic E-state index is 0.472. The zero-order chi connectivity index (χ0) is 13.2. The molecule has 0 spiro atoms. The van der Waals surface area contributed by atoms with Crippen LogP contribution in [0.1, 0.15) is 36.1 Å². The third kappa shape index (κ3) is 3.02. The van der Waals surface area contributed by atoms with Crippen molar-refractivity contribution in [3.8, 4) is 5.75 Å². The fourth-order valence-electron chi connectivity index (χ4n) is 1.94. The highest BCUT2D eigenvalue weighted by atomic mass is 79.9. The van der Waals surface area contributed by atoms with Crippen LogP contribution in [0.2, 0.25) is 0 Å². The van der Waals surface area contributed by atoms with E-state index in [4.69, 9.17) is 4.74 Å². The van der Waals surface area contributed by atoms with E-state index in [2.05, 4.69) is 55.9 Å². The van der Waals surface area contributed by atoms with Crippen LogP contribution in [0.5, 0.6) is 5.75 Å². The lowest BCUT2D eigenvalue weighted by molar-refractivity contribution is 0.402. The van der Waals surface area contributed by atoms with Crippen molar-refractivity contribution >= 4 is 15.9 Å². The number of ether oxygens (including phenoxy) is 1. The van der Waals surface area contributed by atoms with Crippen LogP contribution in [0.15, 0.2) is 4.47 Å². The van der Waals surface area contributed by atoms with E-state index in [1.54, 1.807) is 7.11 Å². The van der Waals surface area contributed by atoms with E-state index >= 15 is 0 Å². The predicted molar refractivity (Wildman–Crippen MR) is 76.9 cm³/mol. The molecule has 3 heteroatoms. The van der Waals surface area contributed by atoms with Crippen molar-refractivity contribution in [2.75, 3.05) is 7.11 Å². The van der Waals surface area contributed by atoms with Gasteiger partial charge in [-0.1, -0.05) is 29.8 Å². The van der Waals surface area contributed by atoms with Gasteiger partial charge in [0, 0.05) is 22.6 Å². The van der Waals surface area contributed by atoms with Gasteiger partial charge in [-0.25, -0.2) is 0 Å². The Morgan fingerprint density at radius 3 is 2.18 bits per heavy atom. The summed E-state index contributed by atoms with van der Waals surface area (Å²) in [6, 6.07) is 0.472. The summed E-state index contributed by atoms with van der Waals surface area (Å²) in [5.41, 5.74) is 4.98. The smallest absolute Gasteiger partial charge is 0.126 e. The van der Waals surface area contributed by atoms with E-state index in [0.717, 1.165) is 12.3 Å². The van der Waals surface area contributed by atoms with Gasteiger partial charge in [0.25, 0.3) is 0 Å². The fourth-order valence-corrected chi connectivity index (χ4v) is 2.48. The molecule has 0 aliphatic heterocycles. The maximum absolute atomic E-state index is 5.56. The zero-order valence-electron chi connectivity index (χ0n) is 11.6. The maximum Gasteiger partial charge on any atom is 0.126 e. The molecule has 2 nitrogen and oxygen atoms in total. The van der Waals surface area contributed by atoms with Gasteiger partial charge in [0.2, 0.25) is 0 Å². The molecule has 0 aromatic heterocycles. The van der Waals surface area contributed by atoms with Gasteiger partial charge < -0.3 is 10.1 Å². The summed E-state index contributed by atoms with van der Waals surface area (Å²) in [7, 11) is 1.74. The molecule has 96 valence electrons. The molecule has 0 atom stereocenters. The SMILES string of the molecule is COc1c(C)c(C)c(Br)c(C)c1CNC(C)C. The van der Waals surface area contributed by atoms with Crippen molar-refractivity contribution in [2.45, 2.75) is 47.2 Å². The first-order chi connectivity index (χ1) is 7.90. The summed E-state index contributed by atoms with van der Waals surface area (Å²) in [5, 5.41) is 3.45. The lowest BCUT2D eigenvalue weighted by Gasteiger charge is -2.20. The van der Waals surface area contributed by atoms with Gasteiger partial charge in [0.1, 0.15) is 5.75 Å². The molecule has 0 unspecified atom stereocenters. The van der Waals surface area contributed by atoms with Crippen molar-refractivity contribution in [1.29, 1.82) is 0 Å². The Morgan fingerprint density at radius 1 is 1.12 bits per heavy atom. The van der Waals surface area contributed by atoms with Crippen molar-refractivity contribution in [3.05, 3.63) is 26.7 Å². The molecule has 17 heavy (non-hydrogen) atoms. The summed E-state index contributed by atoms with van der Waals surface area (Å²) < 4.78 is 6.76. The standard InChI is InChI=1S/C14H22BrNO/c1-8(2)16-7-12-11(5)13(15)9(3)10(4)14(12)17-6/h8,16H,7H2,1-6H3. The monoisotopic (exact) mass is 299 g/mol. The first kappa shape index (κ1) is 14.5. The summed E-state index contributed by atoms with van der Waals surface area (Å²) >= 11 is 3.67. The molecule has 0 bridgehead atoms. The van der Waals surface area contributed by atoms with Gasteiger partial charge in [-0.2, -0.15) is 0 Å². The highest BCUT2D eigenvalue weighted by molar-refractivity contribution is 9.10. The Labute approximate surface area is 113 Å². The molecule has 0 radical (unpaired) electrons. The molecule has 0 fully saturated rings. The molecule has 1 rings (SSSR count). The van der Waals surface area contributed by atoms with E-state index < -0.39 is 0 Å². The minimum Gasteiger partial charge on any atom is -0.496 e. The van der Waals surface area contributed by atoms with Gasteiger partial charge in [-0.3, -0.25) is 0 Å². The van der Waals surface area contributed by atoms with Crippen LogP contribution in [0.4, 0.5) is 0 Å². The first-order valence-electron chi connectivity index (χ1n) is 5.95. The van der Waals surface area contributed by atoms with E-state index in [0.29, 0.717) is 6.04 Å². The van der Waals surface area contributed by atoms with Crippen molar-refractivity contribution in [2.24, 2.45) is 0 Å². The second-order valence-corrected chi connectivity index (χ2v) is 5.53. The van der Waals surface area contributed by atoms with Gasteiger partial charge in [-0.05, 0) is 37.5 Å². The van der Waals surface area contributed by atoms with Crippen LogP contribution in [-0.4, -0.2) is 13.2 Å². The van der Waals surface area contributed by atoms with Crippen LogP contribution in [0.25, 0.3) is 0 Å². The van der Waals surface area contributed by atoms with Gasteiger partial charge in [0.05, 0.1) is 7.11 Å². The zero-order valence-corrected chi connectivity index (χ0v) is 13.2. The Kier molecular flexibility index (Phi) is 5.02. The maximum atomic E-state index is 5.56. The minimum absolute atomic E-state index is 0.472. The summed E-state index contributed by atoms with van der Waals surface area (Å²) in [5.74, 6) is 1.01. The van der Waals surface area contributed by atoms with Gasteiger partial charge >= 0.3 is 0 Å². The first-order valence-corrected chi connectivity index (χ1v) is 6.74. The Hall–Kier alpha value is -0.540. The average Bonchev–Trinajstić information content (AvgIpc) is 2.29. The van der Waals surface area contributed by atoms with Crippen LogP contribution in [-0.2, 0) is 6.54 Å². The van der Waals surface area contributed by atoms with Crippen LogP contribution in [0, 0.1) is 20.8 Å². The average molecular weight is 300 g/mol. The number of methoxy groups -OCH3 is 1. The molecule has 1 aromatic rings. The molecular weight excluding hydrogens is 278 g/mol. The quantitative estimate of drug-likeness (QED) is 0.911. The largest absolute Gasteiger partial charge is 0.496 e. The normalized spacial score (nSPS) is 11.1. The topological polar surface area (TPSA) is 21.3 Å². The van der Waals surface area contributed by atoms with Crippen molar-refractivity contribution in [3.63, 3.8) is 0 Å². The number of rotatable bonds is 4. The number of nitrogens with one attached hydrogen (secondary N) is 1. The lowest BCUT2D eigenvalue weighted by Crippen LogP contribution is -2.23. The number of hydrogen-bond acceptors (Lipinski definition) is 2. The van der Waals surface area contributed by atoms with Crippen LogP contribution in [0.3, 0.4) is 0 Å². The Balaban J connectivity index is 3.26. The fraction of sp³-hybridized carbons (Fsp3) is 0.571. The van der Waals surface area contributed by atoms with E-state index in [-0.39, 0.29) is 0 Å². The molecule has 0 aliphatic carbocycles. The molecular formula is C14H22BrNO. The predicted octanol–water partition coefficient (Wildman–Crippen LogP) is 3.88. The molecule has 0 saturated carbocycles. The third-order valence-corrected chi connectivity index (χ3v) is 4.37. The van der Waals surface area contributed by atoms with Gasteiger partial charge in [-0.15, -0.1) is 0 Å². The Bertz CT molecular complexity index is 413. The number of benzene rings is 1. The summed E-state index contributed by atoms with van der Waals surface area (Å²) in [6.45, 7) is 11.5. The Morgan fingerprint density at radius 2 is 1.71 bits per heavy atom. The second-order valence-electron chi connectivity index (χ2n) is 4.74. The summed E-state index contributed by atoms with van der Waals surface area (Å²) in [4.78, 5) is 0. The van der Waals surface area contributed by atoms with Crippen molar-refractivity contribution in [1.82, 2.24) is 5.32 Å². The van der Waals surface area contributed by atoms with Crippen molar-refractivity contribution < 1.29 is 4.74 Å². The van der Waals surface area contributed by atoms with E-state index in [9.17, 15) is 0 Å². The molecule has 0 aliphatic rings. The third-order valence-electron chi connectivity index (χ3n) is 3.18. The molecule has 0 heterocycles. The van der Waals surface area contributed by atoms with Crippen LogP contribution >= 0.6 is 15.9 Å². The highest BCUT2D eigenvalue weighted by Crippen LogP contribution is 2.35. The number of hydrogen-bond donors (Lipinski definition) is 1. The summed E-state index contributed by atoms with van der Waals surface area (Å²) in [6.07, 6.45) is 0. The van der Waals surface area contributed by atoms with E-state index in [1.807, 2.05) is 0 Å².